The molecule has 0 unspecified atom stereocenters. The molecule has 0 saturated heterocycles. The molecule has 6 rings (SSSR count). The molecule has 38 heavy (non-hydrogen) atoms. The molecule has 0 atom stereocenters. The van der Waals surface area contributed by atoms with Crippen molar-refractivity contribution >= 4 is 11.9 Å². The summed E-state index contributed by atoms with van der Waals surface area (Å²) < 4.78 is 32.5. The number of carbonyl (C=O) groups is 1. The Hall–Kier alpha value is -5.33. The molecular formula is C25H18N6O7. The van der Waals surface area contributed by atoms with Gasteiger partial charge < -0.3 is 26.5 Å². The number of Topliss-reactive ketones (excluding diaryl/α,β-unsaturated/α-hetero) is 1. The van der Waals surface area contributed by atoms with E-state index in [0.29, 0.717) is 53.3 Å². The van der Waals surface area contributed by atoms with Gasteiger partial charge in [-0.05, 0) is 12.5 Å². The maximum atomic E-state index is 12.0. The van der Waals surface area contributed by atoms with Crippen LogP contribution >= 0.6 is 0 Å². The molecule has 6 heterocycles. The first-order chi connectivity index (χ1) is 18.7. The second-order valence-corrected chi connectivity index (χ2v) is 7.93. The van der Waals surface area contributed by atoms with Gasteiger partial charge in [-0.2, -0.15) is 0 Å². The third-order valence-electron chi connectivity index (χ3n) is 5.21. The molecule has 0 aliphatic rings. The number of hydrogen-bond donors (Lipinski definition) is 0. The van der Waals surface area contributed by atoms with Crippen LogP contribution in [0.3, 0.4) is 0 Å². The average molecular weight is 514 g/mol. The van der Waals surface area contributed by atoms with Crippen molar-refractivity contribution in [1.82, 2.24) is 29.9 Å². The summed E-state index contributed by atoms with van der Waals surface area (Å²) in [6.45, 7) is 1.92. The lowest BCUT2D eigenvalue weighted by molar-refractivity contribution is 0.0977. The molecule has 0 aliphatic carbocycles. The van der Waals surface area contributed by atoms with E-state index in [1.54, 1.807) is 12.2 Å². The van der Waals surface area contributed by atoms with Crippen molar-refractivity contribution in [1.29, 1.82) is 0 Å². The third-order valence-corrected chi connectivity index (χ3v) is 5.21. The van der Waals surface area contributed by atoms with Gasteiger partial charge in [0.1, 0.15) is 43.3 Å². The van der Waals surface area contributed by atoms with E-state index in [4.69, 9.17) is 26.5 Å². The molecule has 0 saturated carbocycles. The standard InChI is InChI=1S/C25H18N6O7/c1-2-4-19(32)14-9-36-25(29-14)18-13-38-24(31-18)17-11-35-21(28-17)6-3-5-20-27-16(10-34-20)23-30-15(12-37-23)22-26-7-8-33-22/h3,5,7-13H,2,4,6H2,1H3/b5-3+. The Balaban J connectivity index is 1.08. The fourth-order valence-corrected chi connectivity index (χ4v) is 3.43. The Labute approximate surface area is 213 Å². The Bertz CT molecular complexity index is 1700. The Morgan fingerprint density at radius 1 is 0.737 bits per heavy atom. The van der Waals surface area contributed by atoms with E-state index >= 15 is 0 Å². The average Bonchev–Trinajstić information content (AvgIpc) is 3.77. The number of carbonyl (C=O) groups excluding carboxylic acids is 1. The van der Waals surface area contributed by atoms with Crippen LogP contribution in [0.25, 0.3) is 52.4 Å². The van der Waals surface area contributed by atoms with E-state index in [9.17, 15) is 4.79 Å². The fourth-order valence-electron chi connectivity index (χ4n) is 3.43. The van der Waals surface area contributed by atoms with E-state index in [-0.39, 0.29) is 29.1 Å². The predicted molar refractivity (Wildman–Crippen MR) is 127 cm³/mol. The number of rotatable bonds is 10. The lowest BCUT2D eigenvalue weighted by Crippen LogP contribution is -1.98. The zero-order valence-electron chi connectivity index (χ0n) is 19.9. The summed E-state index contributed by atoms with van der Waals surface area (Å²) in [4.78, 5) is 37.6. The van der Waals surface area contributed by atoms with Gasteiger partial charge in [-0.1, -0.05) is 13.0 Å². The summed E-state index contributed by atoms with van der Waals surface area (Å²) in [5.74, 6) is 1.73. The summed E-state index contributed by atoms with van der Waals surface area (Å²) in [6, 6.07) is 0. The van der Waals surface area contributed by atoms with E-state index < -0.39 is 0 Å². The summed E-state index contributed by atoms with van der Waals surface area (Å²) in [6.07, 6.45) is 14.9. The van der Waals surface area contributed by atoms with Crippen LogP contribution in [0.15, 0.2) is 76.4 Å². The van der Waals surface area contributed by atoms with Gasteiger partial charge in [0.25, 0.3) is 0 Å². The van der Waals surface area contributed by atoms with Gasteiger partial charge in [0.05, 0.1) is 6.20 Å². The molecule has 0 amide bonds. The zero-order chi connectivity index (χ0) is 25.9. The van der Waals surface area contributed by atoms with Crippen LogP contribution in [0, 0.1) is 0 Å². The van der Waals surface area contributed by atoms with Crippen molar-refractivity contribution in [2.45, 2.75) is 26.2 Å². The van der Waals surface area contributed by atoms with Crippen LogP contribution in [-0.4, -0.2) is 35.7 Å². The molecule has 0 N–H and O–H groups in total. The molecule has 13 nitrogen and oxygen atoms in total. The minimum absolute atomic E-state index is 0.0872. The summed E-state index contributed by atoms with van der Waals surface area (Å²) in [7, 11) is 0. The maximum absolute atomic E-state index is 12.0. The number of hydrogen-bond acceptors (Lipinski definition) is 13. The molecule has 6 aromatic heterocycles. The van der Waals surface area contributed by atoms with E-state index in [1.807, 2.05) is 6.92 Å². The summed E-state index contributed by atoms with van der Waals surface area (Å²) >= 11 is 0. The fraction of sp³-hybridized carbons (Fsp3) is 0.160. The largest absolute Gasteiger partial charge is 0.448 e. The molecule has 0 aliphatic heterocycles. The lowest BCUT2D eigenvalue weighted by atomic mass is 10.2. The first kappa shape index (κ1) is 23.1. The van der Waals surface area contributed by atoms with Crippen LogP contribution < -0.4 is 0 Å². The monoisotopic (exact) mass is 514 g/mol. The maximum Gasteiger partial charge on any atom is 0.249 e. The summed E-state index contributed by atoms with van der Waals surface area (Å²) in [5, 5.41) is 0. The van der Waals surface area contributed by atoms with Crippen LogP contribution in [0.5, 0.6) is 0 Å². The van der Waals surface area contributed by atoms with Crippen LogP contribution in [-0.2, 0) is 6.42 Å². The molecule has 6 aromatic rings. The highest BCUT2D eigenvalue weighted by molar-refractivity contribution is 5.94. The smallest absolute Gasteiger partial charge is 0.249 e. The zero-order valence-corrected chi connectivity index (χ0v) is 19.9. The Kier molecular flexibility index (Phi) is 6.06. The second kappa shape index (κ2) is 9.97. The second-order valence-electron chi connectivity index (χ2n) is 7.93. The van der Waals surface area contributed by atoms with Gasteiger partial charge in [0, 0.05) is 12.8 Å². The van der Waals surface area contributed by atoms with Gasteiger partial charge in [0.15, 0.2) is 34.4 Å². The number of nitrogens with zero attached hydrogens (tertiary/aromatic N) is 6. The quantitative estimate of drug-likeness (QED) is 0.209. The number of ketones is 1. The van der Waals surface area contributed by atoms with E-state index in [2.05, 4.69) is 29.9 Å². The van der Waals surface area contributed by atoms with Gasteiger partial charge in [-0.25, -0.2) is 29.9 Å². The highest BCUT2D eigenvalue weighted by Gasteiger charge is 2.18. The van der Waals surface area contributed by atoms with Crippen molar-refractivity contribution < 1.29 is 31.3 Å². The normalized spacial score (nSPS) is 11.6. The summed E-state index contributed by atoms with van der Waals surface area (Å²) in [5.41, 5.74) is 1.89. The topological polar surface area (TPSA) is 173 Å². The van der Waals surface area contributed by atoms with Gasteiger partial charge in [-0.15, -0.1) is 0 Å². The molecular weight excluding hydrogens is 496 g/mol. The van der Waals surface area contributed by atoms with Gasteiger partial charge in [-0.3, -0.25) is 4.79 Å². The predicted octanol–water partition coefficient (Wildman–Crippen LogP) is 5.52. The Morgan fingerprint density at radius 3 is 2.16 bits per heavy atom. The molecule has 13 heteroatoms. The first-order valence-electron chi connectivity index (χ1n) is 11.5. The molecule has 0 spiro atoms. The van der Waals surface area contributed by atoms with Crippen LogP contribution in [0.4, 0.5) is 0 Å². The van der Waals surface area contributed by atoms with E-state index in [0.717, 1.165) is 6.42 Å². The van der Waals surface area contributed by atoms with Crippen molar-refractivity contribution in [3.05, 3.63) is 67.3 Å². The van der Waals surface area contributed by atoms with Crippen molar-refractivity contribution in [3.8, 4) is 46.3 Å². The lowest BCUT2D eigenvalue weighted by Gasteiger charge is -1.89. The molecule has 0 fully saturated rings. The minimum Gasteiger partial charge on any atom is -0.448 e. The van der Waals surface area contributed by atoms with Crippen molar-refractivity contribution in [3.63, 3.8) is 0 Å². The van der Waals surface area contributed by atoms with E-state index in [1.165, 1.54) is 43.8 Å². The molecule has 0 radical (unpaired) electrons. The van der Waals surface area contributed by atoms with Crippen LogP contribution in [0.1, 0.15) is 42.0 Å². The van der Waals surface area contributed by atoms with Gasteiger partial charge in [0.2, 0.25) is 29.5 Å². The van der Waals surface area contributed by atoms with Crippen molar-refractivity contribution in [2.75, 3.05) is 0 Å². The number of allylic oxidation sites excluding steroid dienone is 1. The first-order valence-corrected chi connectivity index (χ1v) is 11.5. The molecule has 0 bridgehead atoms. The third kappa shape index (κ3) is 4.72. The van der Waals surface area contributed by atoms with Crippen molar-refractivity contribution in [2.24, 2.45) is 0 Å². The molecule has 0 aromatic carbocycles. The SMILES string of the molecule is CCCC(=O)c1coc(-c2coc(-c3coc(C/C=C/c4nc(-c5nc(-c6ncco6)co5)co4)n3)n2)n1. The Morgan fingerprint density at radius 2 is 1.39 bits per heavy atom. The highest BCUT2D eigenvalue weighted by atomic mass is 16.4. The van der Waals surface area contributed by atoms with Gasteiger partial charge >= 0.3 is 0 Å². The van der Waals surface area contributed by atoms with Crippen LogP contribution in [0.2, 0.25) is 0 Å². The molecule has 190 valence electrons. The highest BCUT2D eigenvalue weighted by Crippen LogP contribution is 2.25. The number of oxazole rings is 6. The number of aromatic nitrogens is 6. The minimum atomic E-state index is -0.0872.